The normalized spacial score (nSPS) is 14.4. The second-order valence-electron chi connectivity index (χ2n) is 4.75. The van der Waals surface area contributed by atoms with Crippen LogP contribution in [0.4, 0.5) is 0 Å². The number of hydrogen-bond acceptors (Lipinski definition) is 3. The van der Waals surface area contributed by atoms with E-state index in [9.17, 15) is 0 Å². The third-order valence-electron chi connectivity index (χ3n) is 2.44. The number of nitrogens with two attached hydrogens (primary N) is 1. The summed E-state index contributed by atoms with van der Waals surface area (Å²) in [7, 11) is 0. The van der Waals surface area contributed by atoms with E-state index in [4.69, 9.17) is 5.73 Å². The lowest BCUT2D eigenvalue weighted by molar-refractivity contribution is 0.326. The Labute approximate surface area is 90.6 Å². The number of rotatable bonds is 2. The van der Waals surface area contributed by atoms with Crippen molar-refractivity contribution in [2.75, 3.05) is 0 Å². The average molecular weight is 212 g/mol. The van der Waals surface area contributed by atoms with Crippen molar-refractivity contribution >= 4 is 11.3 Å². The second kappa shape index (κ2) is 3.99. The van der Waals surface area contributed by atoms with Gasteiger partial charge in [0.1, 0.15) is 5.01 Å². The van der Waals surface area contributed by atoms with Crippen LogP contribution in [0.2, 0.25) is 0 Å². The van der Waals surface area contributed by atoms with E-state index in [0.29, 0.717) is 0 Å². The SMILES string of the molecule is CCc1nc(C(N)C(C)(C)C)sc1C. The summed E-state index contributed by atoms with van der Waals surface area (Å²) < 4.78 is 0. The smallest absolute Gasteiger partial charge is 0.110 e. The number of nitrogens with zero attached hydrogens (tertiary/aromatic N) is 1. The molecule has 1 aromatic rings. The van der Waals surface area contributed by atoms with Gasteiger partial charge in [0.15, 0.2) is 0 Å². The first-order valence-electron chi connectivity index (χ1n) is 5.08. The lowest BCUT2D eigenvalue weighted by Gasteiger charge is -2.24. The van der Waals surface area contributed by atoms with Crippen molar-refractivity contribution in [2.24, 2.45) is 11.1 Å². The van der Waals surface area contributed by atoms with E-state index < -0.39 is 0 Å². The van der Waals surface area contributed by atoms with Crippen LogP contribution in [0, 0.1) is 12.3 Å². The van der Waals surface area contributed by atoms with Crippen LogP contribution >= 0.6 is 11.3 Å². The molecule has 1 heterocycles. The summed E-state index contributed by atoms with van der Waals surface area (Å²) in [6, 6.07) is 0.0477. The molecule has 0 amide bonds. The quantitative estimate of drug-likeness (QED) is 0.818. The highest BCUT2D eigenvalue weighted by molar-refractivity contribution is 7.11. The number of hydrogen-bond donors (Lipinski definition) is 1. The summed E-state index contributed by atoms with van der Waals surface area (Å²) in [5.41, 5.74) is 7.45. The third-order valence-corrected chi connectivity index (χ3v) is 3.54. The van der Waals surface area contributed by atoms with Crippen LogP contribution in [0.25, 0.3) is 0 Å². The summed E-state index contributed by atoms with van der Waals surface area (Å²) in [6.45, 7) is 10.7. The fourth-order valence-corrected chi connectivity index (χ4v) is 2.54. The van der Waals surface area contributed by atoms with Gasteiger partial charge in [-0.1, -0.05) is 27.7 Å². The Morgan fingerprint density at radius 3 is 2.36 bits per heavy atom. The van der Waals surface area contributed by atoms with Crippen LogP contribution in [-0.2, 0) is 6.42 Å². The maximum absolute atomic E-state index is 6.16. The molecule has 3 heteroatoms. The van der Waals surface area contributed by atoms with Gasteiger partial charge >= 0.3 is 0 Å². The van der Waals surface area contributed by atoms with Gasteiger partial charge in [-0.15, -0.1) is 11.3 Å². The highest BCUT2D eigenvalue weighted by Crippen LogP contribution is 2.33. The summed E-state index contributed by atoms with van der Waals surface area (Å²) >= 11 is 1.74. The van der Waals surface area contributed by atoms with Gasteiger partial charge in [-0.3, -0.25) is 0 Å². The molecule has 2 N–H and O–H groups in total. The predicted molar refractivity (Wildman–Crippen MR) is 62.6 cm³/mol. The second-order valence-corrected chi connectivity index (χ2v) is 5.99. The van der Waals surface area contributed by atoms with Crippen LogP contribution in [0.5, 0.6) is 0 Å². The number of aryl methyl sites for hydroxylation is 2. The van der Waals surface area contributed by atoms with Crippen molar-refractivity contribution in [3.63, 3.8) is 0 Å². The Hall–Kier alpha value is -0.410. The van der Waals surface area contributed by atoms with Gasteiger partial charge < -0.3 is 5.73 Å². The summed E-state index contributed by atoms with van der Waals surface area (Å²) in [6.07, 6.45) is 0.999. The first-order chi connectivity index (χ1) is 6.36. The molecular formula is C11H20N2S. The molecule has 0 fully saturated rings. The minimum atomic E-state index is 0.0477. The minimum absolute atomic E-state index is 0.0477. The highest BCUT2D eigenvalue weighted by Gasteiger charge is 2.25. The number of thiazole rings is 1. The molecule has 2 nitrogen and oxygen atoms in total. The summed E-state index contributed by atoms with van der Waals surface area (Å²) in [4.78, 5) is 5.90. The van der Waals surface area contributed by atoms with Gasteiger partial charge in [-0.25, -0.2) is 4.98 Å². The molecule has 0 aliphatic heterocycles. The van der Waals surface area contributed by atoms with Gasteiger partial charge in [0.05, 0.1) is 11.7 Å². The zero-order chi connectivity index (χ0) is 10.9. The maximum Gasteiger partial charge on any atom is 0.110 e. The molecule has 0 saturated carbocycles. The molecule has 0 bridgehead atoms. The first-order valence-corrected chi connectivity index (χ1v) is 5.89. The van der Waals surface area contributed by atoms with Crippen molar-refractivity contribution in [1.29, 1.82) is 0 Å². The van der Waals surface area contributed by atoms with E-state index in [2.05, 4.69) is 39.6 Å². The Bertz CT molecular complexity index is 310. The average Bonchev–Trinajstić information content (AvgIpc) is 2.43. The lowest BCUT2D eigenvalue weighted by atomic mass is 9.88. The molecule has 0 radical (unpaired) electrons. The molecule has 0 saturated heterocycles. The van der Waals surface area contributed by atoms with E-state index in [0.717, 1.165) is 11.4 Å². The molecule has 1 rings (SSSR count). The lowest BCUT2D eigenvalue weighted by Crippen LogP contribution is -2.26. The molecule has 0 aliphatic rings. The molecule has 1 aromatic heterocycles. The molecular weight excluding hydrogens is 192 g/mol. The number of aromatic nitrogens is 1. The molecule has 80 valence electrons. The molecule has 0 aromatic carbocycles. The topological polar surface area (TPSA) is 38.9 Å². The molecule has 0 spiro atoms. The molecule has 14 heavy (non-hydrogen) atoms. The van der Waals surface area contributed by atoms with Gasteiger partial charge in [0.2, 0.25) is 0 Å². The fraction of sp³-hybridized carbons (Fsp3) is 0.727. The summed E-state index contributed by atoms with van der Waals surface area (Å²) in [5, 5.41) is 1.08. The standard InChI is InChI=1S/C11H20N2S/c1-6-8-7(2)14-10(13-8)9(12)11(3,4)5/h9H,6,12H2,1-5H3. The molecule has 1 atom stereocenters. The van der Waals surface area contributed by atoms with Gasteiger partial charge in [0, 0.05) is 4.88 Å². The van der Waals surface area contributed by atoms with E-state index >= 15 is 0 Å². The van der Waals surface area contributed by atoms with Crippen LogP contribution in [0.1, 0.15) is 49.3 Å². The molecule has 1 unspecified atom stereocenters. The Morgan fingerprint density at radius 2 is 2.00 bits per heavy atom. The van der Waals surface area contributed by atoms with Crippen molar-refractivity contribution < 1.29 is 0 Å². The monoisotopic (exact) mass is 212 g/mol. The van der Waals surface area contributed by atoms with E-state index in [-0.39, 0.29) is 11.5 Å². The van der Waals surface area contributed by atoms with Crippen LogP contribution in [0.15, 0.2) is 0 Å². The van der Waals surface area contributed by atoms with Gasteiger partial charge in [0.25, 0.3) is 0 Å². The maximum atomic E-state index is 6.16. The first kappa shape index (κ1) is 11.7. The predicted octanol–water partition coefficient (Wildman–Crippen LogP) is 3.06. The van der Waals surface area contributed by atoms with E-state index in [1.165, 1.54) is 10.6 Å². The van der Waals surface area contributed by atoms with E-state index in [1.807, 2.05) is 0 Å². The van der Waals surface area contributed by atoms with Gasteiger partial charge in [-0.2, -0.15) is 0 Å². The van der Waals surface area contributed by atoms with Gasteiger partial charge in [-0.05, 0) is 18.8 Å². The summed E-state index contributed by atoms with van der Waals surface area (Å²) in [5.74, 6) is 0. The Morgan fingerprint density at radius 1 is 1.43 bits per heavy atom. The van der Waals surface area contributed by atoms with Crippen LogP contribution in [0.3, 0.4) is 0 Å². The molecule has 0 aliphatic carbocycles. The zero-order valence-electron chi connectivity index (χ0n) is 9.72. The Kier molecular flexibility index (Phi) is 3.32. The van der Waals surface area contributed by atoms with Crippen LogP contribution < -0.4 is 5.73 Å². The van der Waals surface area contributed by atoms with E-state index in [1.54, 1.807) is 11.3 Å². The van der Waals surface area contributed by atoms with Crippen LogP contribution in [-0.4, -0.2) is 4.98 Å². The third kappa shape index (κ3) is 2.34. The Balaban J connectivity index is 2.97. The van der Waals surface area contributed by atoms with Crippen molar-refractivity contribution in [3.8, 4) is 0 Å². The van der Waals surface area contributed by atoms with Crippen molar-refractivity contribution in [1.82, 2.24) is 4.98 Å². The zero-order valence-corrected chi connectivity index (χ0v) is 10.5. The van der Waals surface area contributed by atoms with Crippen molar-refractivity contribution in [3.05, 3.63) is 15.6 Å². The fourth-order valence-electron chi connectivity index (χ4n) is 1.28. The van der Waals surface area contributed by atoms with Crippen molar-refractivity contribution in [2.45, 2.75) is 47.1 Å². The minimum Gasteiger partial charge on any atom is -0.322 e. The highest BCUT2D eigenvalue weighted by atomic mass is 32.1. The largest absolute Gasteiger partial charge is 0.322 e.